The maximum atomic E-state index is 10.5. The third-order valence-electron chi connectivity index (χ3n) is 1.08. The number of nitrogens with one attached hydrogen (secondary N) is 1. The fraction of sp³-hybridized carbons (Fsp3) is 0.714. The molecule has 0 rings (SSSR count). The van der Waals surface area contributed by atoms with Crippen LogP contribution in [0.25, 0.3) is 0 Å². The molecular weight excluding hydrogens is 128 g/mol. The predicted molar refractivity (Wildman–Crippen MR) is 42.0 cm³/mol. The number of carbonyl (C=O) groups is 1. The molecule has 0 bridgehead atoms. The molecule has 0 aromatic rings. The lowest BCUT2D eigenvalue weighted by atomic mass is 10.2. The molecule has 1 amide bonds. The van der Waals surface area contributed by atoms with E-state index in [0.717, 1.165) is 5.84 Å². The third-order valence-corrected chi connectivity index (χ3v) is 1.08. The summed E-state index contributed by atoms with van der Waals surface area (Å²) in [7, 11) is 1.77. The lowest BCUT2D eigenvalue weighted by Crippen LogP contribution is -2.24. The second-order valence-electron chi connectivity index (χ2n) is 2.42. The van der Waals surface area contributed by atoms with E-state index >= 15 is 0 Å². The molecule has 0 aromatic carbocycles. The largest absolute Gasteiger partial charge is 0.376 e. The van der Waals surface area contributed by atoms with E-state index in [4.69, 9.17) is 0 Å². The number of rotatable bonds is 1. The minimum Gasteiger partial charge on any atom is -0.376 e. The Labute approximate surface area is 61.5 Å². The average molecular weight is 142 g/mol. The summed E-state index contributed by atoms with van der Waals surface area (Å²) in [5.74, 6) is 0.874. The minimum atomic E-state index is -0.155. The molecule has 0 unspecified atom stereocenters. The number of hydrogen-bond acceptors (Lipinski definition) is 1. The van der Waals surface area contributed by atoms with Crippen LogP contribution in [0.3, 0.4) is 0 Å². The fourth-order valence-corrected chi connectivity index (χ4v) is 0.643. The normalized spacial score (nSPS) is 11.9. The highest BCUT2D eigenvalue weighted by molar-refractivity contribution is 5.94. The van der Waals surface area contributed by atoms with Crippen LogP contribution >= 0.6 is 0 Å². The number of aliphatic imine (C=N–C) groups is 1. The Kier molecular flexibility index (Phi) is 3.69. The van der Waals surface area contributed by atoms with Crippen LogP contribution < -0.4 is 5.32 Å². The first-order valence-corrected chi connectivity index (χ1v) is 3.34. The van der Waals surface area contributed by atoms with Crippen LogP contribution in [0.2, 0.25) is 0 Å². The molecular formula is C7H14N2O. The van der Waals surface area contributed by atoms with Gasteiger partial charge in [0.15, 0.2) is 0 Å². The smallest absolute Gasteiger partial charge is 0.244 e. The van der Waals surface area contributed by atoms with Crippen LogP contribution in [0.15, 0.2) is 4.99 Å². The van der Waals surface area contributed by atoms with Crippen LogP contribution in [0.1, 0.15) is 20.8 Å². The van der Waals surface area contributed by atoms with Crippen molar-refractivity contribution in [2.24, 2.45) is 10.9 Å². The molecule has 0 heterocycles. The lowest BCUT2D eigenvalue weighted by Gasteiger charge is -2.06. The molecule has 0 aromatic heterocycles. The first-order valence-electron chi connectivity index (χ1n) is 3.34. The van der Waals surface area contributed by atoms with Crippen molar-refractivity contribution in [3.63, 3.8) is 0 Å². The van der Waals surface area contributed by atoms with Gasteiger partial charge in [-0.05, 0) is 0 Å². The van der Waals surface area contributed by atoms with Gasteiger partial charge >= 0.3 is 0 Å². The molecule has 0 aliphatic heterocycles. The van der Waals surface area contributed by atoms with Crippen molar-refractivity contribution in [2.45, 2.75) is 20.8 Å². The SMILES string of the molecule is CN/C(=N/C(C)=O)C(C)C. The summed E-state index contributed by atoms with van der Waals surface area (Å²) in [5, 5.41) is 2.86. The highest BCUT2D eigenvalue weighted by Gasteiger charge is 2.01. The molecule has 58 valence electrons. The van der Waals surface area contributed by atoms with Crippen molar-refractivity contribution in [1.82, 2.24) is 5.32 Å². The van der Waals surface area contributed by atoms with E-state index in [1.54, 1.807) is 7.05 Å². The molecule has 3 nitrogen and oxygen atoms in total. The molecule has 1 N–H and O–H groups in total. The van der Waals surface area contributed by atoms with Gasteiger partial charge in [-0.1, -0.05) is 13.8 Å². The lowest BCUT2D eigenvalue weighted by molar-refractivity contribution is -0.115. The number of amidine groups is 1. The topological polar surface area (TPSA) is 41.5 Å². The quantitative estimate of drug-likeness (QED) is 0.434. The van der Waals surface area contributed by atoms with Crippen molar-refractivity contribution in [2.75, 3.05) is 7.05 Å². The summed E-state index contributed by atoms with van der Waals surface area (Å²) in [4.78, 5) is 14.3. The van der Waals surface area contributed by atoms with Crippen LogP contribution in [-0.2, 0) is 4.79 Å². The van der Waals surface area contributed by atoms with Gasteiger partial charge in [-0.3, -0.25) is 4.79 Å². The van der Waals surface area contributed by atoms with Gasteiger partial charge < -0.3 is 5.32 Å². The van der Waals surface area contributed by atoms with Crippen molar-refractivity contribution < 1.29 is 4.79 Å². The van der Waals surface area contributed by atoms with Crippen molar-refractivity contribution in [3.8, 4) is 0 Å². The van der Waals surface area contributed by atoms with Crippen molar-refractivity contribution in [1.29, 1.82) is 0 Å². The average Bonchev–Trinajstić information content (AvgIpc) is 1.81. The van der Waals surface area contributed by atoms with Gasteiger partial charge in [0.05, 0.1) is 0 Å². The van der Waals surface area contributed by atoms with Crippen LogP contribution in [0, 0.1) is 5.92 Å². The minimum absolute atomic E-state index is 0.155. The standard InChI is InChI=1S/C7H14N2O/c1-5(2)7(8-4)9-6(3)10/h5H,1-4H3,(H,8,9,10). The molecule has 0 saturated carbocycles. The first kappa shape index (κ1) is 9.14. The van der Waals surface area contributed by atoms with Crippen molar-refractivity contribution in [3.05, 3.63) is 0 Å². The predicted octanol–water partition coefficient (Wildman–Crippen LogP) is 0.807. The summed E-state index contributed by atoms with van der Waals surface area (Å²) in [5.41, 5.74) is 0. The summed E-state index contributed by atoms with van der Waals surface area (Å²) < 4.78 is 0. The maximum Gasteiger partial charge on any atom is 0.244 e. The van der Waals surface area contributed by atoms with Gasteiger partial charge in [-0.25, -0.2) is 4.99 Å². The highest BCUT2D eigenvalue weighted by Crippen LogP contribution is 1.93. The molecule has 0 radical (unpaired) electrons. The molecule has 0 spiro atoms. The van der Waals surface area contributed by atoms with Gasteiger partial charge in [-0.2, -0.15) is 0 Å². The van der Waals surface area contributed by atoms with E-state index in [-0.39, 0.29) is 11.8 Å². The Bertz CT molecular complexity index is 150. The maximum absolute atomic E-state index is 10.5. The molecule has 0 fully saturated rings. The second-order valence-corrected chi connectivity index (χ2v) is 2.42. The Morgan fingerprint density at radius 2 is 2.00 bits per heavy atom. The van der Waals surface area contributed by atoms with E-state index in [9.17, 15) is 4.79 Å². The number of hydrogen-bond donors (Lipinski definition) is 1. The Hall–Kier alpha value is -0.860. The Morgan fingerprint density at radius 1 is 1.50 bits per heavy atom. The highest BCUT2D eigenvalue weighted by atomic mass is 16.1. The monoisotopic (exact) mass is 142 g/mol. The van der Waals surface area contributed by atoms with Crippen LogP contribution in [0.5, 0.6) is 0 Å². The van der Waals surface area contributed by atoms with Gasteiger partial charge in [0.25, 0.3) is 0 Å². The van der Waals surface area contributed by atoms with Gasteiger partial charge in [0, 0.05) is 19.9 Å². The zero-order valence-electron chi connectivity index (χ0n) is 6.93. The molecule has 0 aliphatic rings. The van der Waals surface area contributed by atoms with E-state index in [2.05, 4.69) is 10.3 Å². The molecule has 0 atom stereocenters. The van der Waals surface area contributed by atoms with E-state index in [0.29, 0.717) is 0 Å². The van der Waals surface area contributed by atoms with E-state index < -0.39 is 0 Å². The number of nitrogens with zero attached hydrogens (tertiary/aromatic N) is 1. The molecule has 0 saturated heterocycles. The fourth-order valence-electron chi connectivity index (χ4n) is 0.643. The molecule has 3 heteroatoms. The molecule has 0 aliphatic carbocycles. The Morgan fingerprint density at radius 3 is 2.10 bits per heavy atom. The number of amides is 1. The Balaban J connectivity index is 4.18. The van der Waals surface area contributed by atoms with Gasteiger partial charge in [0.1, 0.15) is 5.84 Å². The number of carbonyl (C=O) groups excluding carboxylic acids is 1. The zero-order valence-corrected chi connectivity index (χ0v) is 6.93. The third kappa shape index (κ3) is 3.22. The molecule has 10 heavy (non-hydrogen) atoms. The summed E-state index contributed by atoms with van der Waals surface area (Å²) in [6.07, 6.45) is 0. The van der Waals surface area contributed by atoms with Crippen LogP contribution in [0.4, 0.5) is 0 Å². The van der Waals surface area contributed by atoms with Crippen LogP contribution in [-0.4, -0.2) is 18.8 Å². The second kappa shape index (κ2) is 4.04. The van der Waals surface area contributed by atoms with E-state index in [1.807, 2.05) is 13.8 Å². The first-order chi connectivity index (χ1) is 4.57. The van der Waals surface area contributed by atoms with Gasteiger partial charge in [-0.15, -0.1) is 0 Å². The van der Waals surface area contributed by atoms with Crippen molar-refractivity contribution >= 4 is 11.7 Å². The summed E-state index contributed by atoms with van der Waals surface area (Å²) in [6, 6.07) is 0. The summed E-state index contributed by atoms with van der Waals surface area (Å²) in [6.45, 7) is 5.41. The van der Waals surface area contributed by atoms with Gasteiger partial charge in [0.2, 0.25) is 5.91 Å². The summed E-state index contributed by atoms with van der Waals surface area (Å²) >= 11 is 0. The zero-order chi connectivity index (χ0) is 8.15. The van der Waals surface area contributed by atoms with E-state index in [1.165, 1.54) is 6.92 Å².